The van der Waals surface area contributed by atoms with Crippen LogP contribution in [0.2, 0.25) is 0 Å². The van der Waals surface area contributed by atoms with Crippen molar-refractivity contribution in [3.63, 3.8) is 0 Å². The van der Waals surface area contributed by atoms with Gasteiger partial charge in [-0.15, -0.1) is 0 Å². The lowest BCUT2D eigenvalue weighted by Crippen LogP contribution is -2.14. The molecule has 0 saturated heterocycles. The number of fused-ring (bicyclic) bond motifs is 4. The van der Waals surface area contributed by atoms with Gasteiger partial charge in [-0.25, -0.2) is 4.98 Å². The average Bonchev–Trinajstić information content (AvgIpc) is 2.46. The molecule has 0 unspecified atom stereocenters. The number of aromatic nitrogens is 1. The molecule has 0 amide bonds. The lowest BCUT2D eigenvalue weighted by Gasteiger charge is -2.16. The number of rotatable bonds is 0. The molecule has 0 fully saturated rings. The van der Waals surface area contributed by atoms with Crippen LogP contribution in [0.3, 0.4) is 0 Å². The first-order chi connectivity index (χ1) is 9.72. The Morgan fingerprint density at radius 1 is 1.25 bits per heavy atom. The van der Waals surface area contributed by atoms with Gasteiger partial charge < -0.3 is 15.6 Å². The molecule has 0 radical (unpaired) electrons. The molecular formula is C16H13N3O. The Labute approximate surface area is 115 Å². The molecule has 0 bridgehead atoms. The normalized spacial score (nSPS) is 13.8. The van der Waals surface area contributed by atoms with Gasteiger partial charge in [0.15, 0.2) is 11.3 Å². The first-order valence-corrected chi connectivity index (χ1v) is 6.59. The molecule has 0 atom stereocenters. The molecule has 1 aromatic rings. The molecule has 0 spiro atoms. The molecule has 1 aliphatic heterocycles. The van der Waals surface area contributed by atoms with Gasteiger partial charge in [-0.05, 0) is 30.5 Å². The van der Waals surface area contributed by atoms with E-state index in [0.29, 0.717) is 22.4 Å². The van der Waals surface area contributed by atoms with Gasteiger partial charge in [0.1, 0.15) is 11.2 Å². The lowest BCUT2D eigenvalue weighted by atomic mass is 9.93. The van der Waals surface area contributed by atoms with Gasteiger partial charge in [-0.2, -0.15) is 0 Å². The number of nitrogens with one attached hydrogen (secondary N) is 1. The van der Waals surface area contributed by atoms with Crippen molar-refractivity contribution in [2.24, 2.45) is 0 Å². The van der Waals surface area contributed by atoms with Gasteiger partial charge in [0.25, 0.3) is 0 Å². The summed E-state index contributed by atoms with van der Waals surface area (Å²) in [5.41, 5.74) is 10.7. The summed E-state index contributed by atoms with van der Waals surface area (Å²) in [5.74, 6) is 0.637. The van der Waals surface area contributed by atoms with E-state index in [1.54, 1.807) is 12.1 Å². The number of hydrogen-bond donors (Lipinski definition) is 2. The Balaban J connectivity index is 2.16. The fourth-order valence-corrected chi connectivity index (χ4v) is 2.72. The highest BCUT2D eigenvalue weighted by Crippen LogP contribution is 2.31. The van der Waals surface area contributed by atoms with E-state index in [1.807, 2.05) is 18.2 Å². The number of hydrogen-bond acceptors (Lipinski definition) is 4. The zero-order chi connectivity index (χ0) is 13.7. The van der Waals surface area contributed by atoms with Crippen LogP contribution in [0.4, 0.5) is 5.69 Å². The predicted octanol–water partition coefficient (Wildman–Crippen LogP) is 2.95. The van der Waals surface area contributed by atoms with Gasteiger partial charge in [-0.1, -0.05) is 12.2 Å². The molecule has 0 aromatic heterocycles. The van der Waals surface area contributed by atoms with Crippen LogP contribution in [0.25, 0.3) is 28.6 Å². The van der Waals surface area contributed by atoms with E-state index in [1.165, 1.54) is 0 Å². The topological polar surface area (TPSA) is 75.9 Å². The number of nitrogens with zero attached hydrogens (tertiary/aromatic N) is 1. The van der Waals surface area contributed by atoms with Crippen molar-refractivity contribution in [3.8, 4) is 11.5 Å². The van der Waals surface area contributed by atoms with E-state index in [9.17, 15) is 0 Å². The number of anilines is 1. The third-order valence-corrected chi connectivity index (χ3v) is 3.70. The quantitative estimate of drug-likeness (QED) is 0.483. The van der Waals surface area contributed by atoms with E-state index >= 15 is 0 Å². The molecule has 3 N–H and O–H groups in total. The smallest absolute Gasteiger partial charge is 0.155 e. The van der Waals surface area contributed by atoms with Crippen molar-refractivity contribution in [3.05, 3.63) is 46.8 Å². The zero-order valence-corrected chi connectivity index (χ0v) is 10.8. The summed E-state index contributed by atoms with van der Waals surface area (Å²) in [6.45, 7) is 0. The second-order valence-electron chi connectivity index (χ2n) is 5.05. The van der Waals surface area contributed by atoms with E-state index in [-0.39, 0.29) is 0 Å². The van der Waals surface area contributed by atoms with Crippen molar-refractivity contribution in [2.75, 3.05) is 5.73 Å². The molecule has 4 rings (SSSR count). The summed E-state index contributed by atoms with van der Waals surface area (Å²) in [7, 11) is 0. The molecule has 4 heteroatoms. The second kappa shape index (κ2) is 3.93. The Bertz CT molecular complexity index is 892. The Kier molecular flexibility index (Phi) is 2.21. The molecule has 1 aromatic carbocycles. The van der Waals surface area contributed by atoms with Crippen LogP contribution in [-0.2, 0) is 6.42 Å². The van der Waals surface area contributed by atoms with Crippen molar-refractivity contribution in [1.82, 2.24) is 4.98 Å². The molecule has 1 heterocycles. The summed E-state index contributed by atoms with van der Waals surface area (Å²) in [4.78, 5) is 4.69. The van der Waals surface area contributed by atoms with E-state index in [2.05, 4.69) is 11.1 Å². The lowest BCUT2D eigenvalue weighted by molar-refractivity contribution is 0.611. The minimum atomic E-state index is 0.519. The standard InChI is InChI=1S/C16H13N3O/c17-9-5-6-13-14(7-9)20-15-8-12(18)10-3-1-2-4-11(10)16(15)19-13/h2,4-8,18H,1,3,17H2. The maximum absolute atomic E-state index is 8.13. The molecule has 4 nitrogen and oxygen atoms in total. The fourth-order valence-electron chi connectivity index (χ4n) is 2.72. The maximum atomic E-state index is 8.13. The Hall–Kier alpha value is -2.62. The second-order valence-corrected chi connectivity index (χ2v) is 5.05. The minimum absolute atomic E-state index is 0.519. The first-order valence-electron chi connectivity index (χ1n) is 6.59. The Morgan fingerprint density at radius 2 is 2.15 bits per heavy atom. The highest BCUT2D eigenvalue weighted by atomic mass is 16.3. The van der Waals surface area contributed by atoms with E-state index in [0.717, 1.165) is 35.2 Å². The van der Waals surface area contributed by atoms with Gasteiger partial charge in [0.05, 0.1) is 5.36 Å². The van der Waals surface area contributed by atoms with Crippen LogP contribution in [0.15, 0.2) is 34.8 Å². The van der Waals surface area contributed by atoms with Crippen LogP contribution in [-0.4, -0.2) is 4.98 Å². The molecule has 0 saturated carbocycles. The zero-order valence-electron chi connectivity index (χ0n) is 10.8. The number of nitrogens with two attached hydrogens (primary N) is 1. The van der Waals surface area contributed by atoms with Crippen LogP contribution in [0, 0.1) is 5.41 Å². The van der Waals surface area contributed by atoms with Crippen molar-refractivity contribution < 1.29 is 4.42 Å². The van der Waals surface area contributed by atoms with Crippen molar-refractivity contribution >= 4 is 22.9 Å². The third kappa shape index (κ3) is 1.54. The van der Waals surface area contributed by atoms with Crippen LogP contribution in [0.1, 0.15) is 17.5 Å². The number of allylic oxidation sites excluding steroid dienone is 1. The summed E-state index contributed by atoms with van der Waals surface area (Å²) >= 11 is 0. The van der Waals surface area contributed by atoms with E-state index in [4.69, 9.17) is 15.6 Å². The first kappa shape index (κ1) is 11.2. The van der Waals surface area contributed by atoms with Crippen molar-refractivity contribution in [1.29, 1.82) is 5.41 Å². The highest BCUT2D eigenvalue weighted by molar-refractivity contribution is 5.82. The summed E-state index contributed by atoms with van der Waals surface area (Å²) in [6, 6.07) is 7.20. The number of nitrogen functional groups attached to an aromatic ring is 1. The third-order valence-electron chi connectivity index (χ3n) is 3.70. The van der Waals surface area contributed by atoms with Gasteiger partial charge >= 0.3 is 0 Å². The minimum Gasteiger partial charge on any atom is -0.453 e. The maximum Gasteiger partial charge on any atom is 0.155 e. The molecule has 20 heavy (non-hydrogen) atoms. The van der Waals surface area contributed by atoms with Crippen LogP contribution in [0.5, 0.6) is 0 Å². The van der Waals surface area contributed by atoms with Gasteiger partial charge in [-0.3, -0.25) is 0 Å². The summed E-state index contributed by atoms with van der Waals surface area (Å²) in [5, 5.41) is 8.65. The molecule has 98 valence electrons. The molecular weight excluding hydrogens is 250 g/mol. The summed E-state index contributed by atoms with van der Waals surface area (Å²) < 4.78 is 5.88. The van der Waals surface area contributed by atoms with Crippen molar-refractivity contribution in [2.45, 2.75) is 12.8 Å². The van der Waals surface area contributed by atoms with Crippen LogP contribution >= 0.6 is 0 Å². The summed E-state index contributed by atoms with van der Waals surface area (Å²) in [6.07, 6.45) is 6.04. The number of benzene rings is 2. The highest BCUT2D eigenvalue weighted by Gasteiger charge is 2.19. The van der Waals surface area contributed by atoms with Gasteiger partial charge in [0, 0.05) is 23.4 Å². The van der Waals surface area contributed by atoms with Gasteiger partial charge in [0.2, 0.25) is 0 Å². The monoisotopic (exact) mass is 263 g/mol. The fraction of sp³-hybridized carbons (Fsp3) is 0.125. The van der Waals surface area contributed by atoms with Crippen LogP contribution < -0.4 is 11.1 Å². The molecule has 3 aliphatic rings. The predicted molar refractivity (Wildman–Crippen MR) is 78.3 cm³/mol. The molecule has 2 aliphatic carbocycles. The average molecular weight is 263 g/mol. The Morgan fingerprint density at radius 3 is 3.05 bits per heavy atom. The van der Waals surface area contributed by atoms with E-state index < -0.39 is 0 Å². The SMILES string of the molecule is N=c1cc2oc3cc(N)ccc3nc-2c2c1CCC=C2. The largest absolute Gasteiger partial charge is 0.453 e.